The van der Waals surface area contributed by atoms with Crippen molar-refractivity contribution in [1.82, 2.24) is 0 Å². The summed E-state index contributed by atoms with van der Waals surface area (Å²) < 4.78 is 5.31. The molecule has 84 valence electrons. The minimum Gasteiger partial charge on any atom is -0.490 e. The van der Waals surface area contributed by atoms with Crippen LogP contribution >= 0.6 is 0 Å². The minimum atomic E-state index is -0.966. The minimum absolute atomic E-state index is 0.180. The van der Waals surface area contributed by atoms with Gasteiger partial charge in [0.05, 0.1) is 0 Å². The van der Waals surface area contributed by atoms with E-state index in [-0.39, 0.29) is 5.57 Å². The van der Waals surface area contributed by atoms with Gasteiger partial charge in [-0.3, -0.25) is 0 Å². The Kier molecular flexibility index (Phi) is 4.33. The van der Waals surface area contributed by atoms with Crippen LogP contribution in [0, 0.1) is 0 Å². The van der Waals surface area contributed by atoms with Crippen LogP contribution in [0.4, 0.5) is 0 Å². The Balaban J connectivity index is 2.60. The highest BCUT2D eigenvalue weighted by Crippen LogP contribution is 2.14. The van der Waals surface area contributed by atoms with E-state index in [2.05, 4.69) is 13.2 Å². The van der Waals surface area contributed by atoms with Gasteiger partial charge in [-0.1, -0.05) is 31.4 Å². The van der Waals surface area contributed by atoms with Crippen LogP contribution in [0.3, 0.4) is 0 Å². The quantitative estimate of drug-likeness (QED) is 0.589. The van der Waals surface area contributed by atoms with E-state index in [9.17, 15) is 4.79 Å². The Hall–Kier alpha value is -2.03. The molecule has 3 heteroatoms. The third-order valence-electron chi connectivity index (χ3n) is 2.01. The molecular formula is C13H14O3. The summed E-state index contributed by atoms with van der Waals surface area (Å²) in [7, 11) is 0. The summed E-state index contributed by atoms with van der Waals surface area (Å²) in [5, 5.41) is 8.68. The lowest BCUT2D eigenvalue weighted by atomic mass is 10.1. The molecule has 0 unspecified atom stereocenters. The normalized spacial score (nSPS) is 9.50. The molecule has 0 bridgehead atoms. The van der Waals surface area contributed by atoms with Gasteiger partial charge in [0.2, 0.25) is 0 Å². The first kappa shape index (κ1) is 12.0. The second-order valence-corrected chi connectivity index (χ2v) is 3.33. The van der Waals surface area contributed by atoms with Gasteiger partial charge in [-0.25, -0.2) is 4.79 Å². The fourth-order valence-electron chi connectivity index (χ4n) is 1.18. The second-order valence-electron chi connectivity index (χ2n) is 3.33. The first-order valence-corrected chi connectivity index (χ1v) is 4.87. The lowest BCUT2D eigenvalue weighted by Gasteiger charge is -2.05. The van der Waals surface area contributed by atoms with E-state index in [4.69, 9.17) is 9.84 Å². The molecule has 1 N–H and O–H groups in total. The number of hydrogen-bond donors (Lipinski definition) is 1. The molecule has 0 heterocycles. The molecular weight excluding hydrogens is 204 g/mol. The summed E-state index contributed by atoms with van der Waals surface area (Å²) in [5.41, 5.74) is 1.08. The van der Waals surface area contributed by atoms with E-state index in [1.807, 2.05) is 12.1 Å². The van der Waals surface area contributed by atoms with Gasteiger partial charge in [-0.15, -0.1) is 0 Å². The zero-order valence-corrected chi connectivity index (χ0v) is 8.98. The summed E-state index contributed by atoms with van der Waals surface area (Å²) in [4.78, 5) is 10.6. The van der Waals surface area contributed by atoms with Crippen molar-refractivity contribution >= 4 is 5.97 Å². The number of hydrogen-bond acceptors (Lipinski definition) is 2. The van der Waals surface area contributed by atoms with Gasteiger partial charge in [0.25, 0.3) is 0 Å². The van der Waals surface area contributed by atoms with Crippen LogP contribution in [0.2, 0.25) is 0 Å². The lowest BCUT2D eigenvalue weighted by molar-refractivity contribution is -0.132. The third-order valence-corrected chi connectivity index (χ3v) is 2.01. The number of ether oxygens (including phenoxy) is 1. The van der Waals surface area contributed by atoms with Crippen LogP contribution in [-0.4, -0.2) is 17.7 Å². The average Bonchev–Trinajstić information content (AvgIpc) is 2.28. The third kappa shape index (κ3) is 3.61. The van der Waals surface area contributed by atoms with Gasteiger partial charge in [0, 0.05) is 12.0 Å². The number of carboxylic acid groups (broad SMARTS) is 1. The van der Waals surface area contributed by atoms with Gasteiger partial charge >= 0.3 is 5.97 Å². The van der Waals surface area contributed by atoms with Crippen LogP contribution in [0.15, 0.2) is 49.1 Å². The van der Waals surface area contributed by atoms with Crippen LogP contribution in [-0.2, 0) is 11.2 Å². The van der Waals surface area contributed by atoms with Crippen molar-refractivity contribution in [3.05, 3.63) is 54.6 Å². The molecule has 0 amide bonds. The first-order chi connectivity index (χ1) is 7.63. The maximum Gasteiger partial charge on any atom is 0.331 e. The SMILES string of the molecule is C=CCOc1ccc(CC(=C)C(=O)O)cc1. The molecule has 0 radical (unpaired) electrons. The molecule has 1 aromatic carbocycles. The van der Waals surface area contributed by atoms with Crippen LogP contribution in [0.1, 0.15) is 5.56 Å². The number of benzene rings is 1. The van der Waals surface area contributed by atoms with E-state index in [0.29, 0.717) is 13.0 Å². The van der Waals surface area contributed by atoms with Crippen molar-refractivity contribution in [2.24, 2.45) is 0 Å². The molecule has 1 rings (SSSR count). The van der Waals surface area contributed by atoms with Crippen molar-refractivity contribution in [3.63, 3.8) is 0 Å². The van der Waals surface area contributed by atoms with E-state index in [1.165, 1.54) is 0 Å². The molecule has 0 aromatic heterocycles. The molecule has 0 aliphatic rings. The number of carbonyl (C=O) groups is 1. The van der Waals surface area contributed by atoms with Gasteiger partial charge < -0.3 is 9.84 Å². The largest absolute Gasteiger partial charge is 0.490 e. The fourth-order valence-corrected chi connectivity index (χ4v) is 1.18. The zero-order chi connectivity index (χ0) is 12.0. The van der Waals surface area contributed by atoms with Gasteiger partial charge in [0.15, 0.2) is 0 Å². The highest BCUT2D eigenvalue weighted by Gasteiger charge is 2.04. The standard InChI is InChI=1S/C13H14O3/c1-3-8-16-12-6-4-11(5-7-12)9-10(2)13(14)15/h3-7H,1-2,8-9H2,(H,14,15). The fraction of sp³-hybridized carbons (Fsp3) is 0.154. The van der Waals surface area contributed by atoms with E-state index in [0.717, 1.165) is 11.3 Å². The maximum atomic E-state index is 10.6. The molecule has 1 aromatic rings. The van der Waals surface area contributed by atoms with Crippen molar-refractivity contribution in [2.75, 3.05) is 6.61 Å². The highest BCUT2D eigenvalue weighted by molar-refractivity contribution is 5.86. The Morgan fingerprint density at radius 3 is 2.50 bits per heavy atom. The molecule has 0 aliphatic heterocycles. The Bertz CT molecular complexity index is 390. The smallest absolute Gasteiger partial charge is 0.331 e. The predicted octanol–water partition coefficient (Wildman–Crippen LogP) is 2.43. The first-order valence-electron chi connectivity index (χ1n) is 4.87. The molecule has 0 saturated heterocycles. The number of aliphatic carboxylic acids is 1. The summed E-state index contributed by atoms with van der Waals surface area (Å²) in [6.45, 7) is 7.49. The summed E-state index contributed by atoms with van der Waals surface area (Å²) in [6.07, 6.45) is 2.01. The summed E-state index contributed by atoms with van der Waals surface area (Å²) >= 11 is 0. The van der Waals surface area contributed by atoms with Gasteiger partial charge in [-0.05, 0) is 17.7 Å². The molecule has 0 aliphatic carbocycles. The highest BCUT2D eigenvalue weighted by atomic mass is 16.5. The molecule has 0 spiro atoms. The maximum absolute atomic E-state index is 10.6. The second kappa shape index (κ2) is 5.75. The Labute approximate surface area is 94.7 Å². The average molecular weight is 218 g/mol. The zero-order valence-electron chi connectivity index (χ0n) is 8.98. The molecule has 0 saturated carbocycles. The van der Waals surface area contributed by atoms with Crippen molar-refractivity contribution in [3.8, 4) is 5.75 Å². The van der Waals surface area contributed by atoms with Crippen LogP contribution in [0.25, 0.3) is 0 Å². The predicted molar refractivity (Wildman–Crippen MR) is 62.6 cm³/mol. The lowest BCUT2D eigenvalue weighted by Crippen LogP contribution is -2.02. The van der Waals surface area contributed by atoms with Crippen molar-refractivity contribution in [1.29, 1.82) is 0 Å². The Morgan fingerprint density at radius 1 is 1.38 bits per heavy atom. The molecule has 3 nitrogen and oxygen atoms in total. The van der Waals surface area contributed by atoms with Crippen LogP contribution < -0.4 is 4.74 Å². The number of carboxylic acids is 1. The van der Waals surface area contributed by atoms with Crippen LogP contribution in [0.5, 0.6) is 5.75 Å². The van der Waals surface area contributed by atoms with Gasteiger partial charge in [0.1, 0.15) is 12.4 Å². The van der Waals surface area contributed by atoms with E-state index in [1.54, 1.807) is 18.2 Å². The topological polar surface area (TPSA) is 46.5 Å². The summed E-state index contributed by atoms with van der Waals surface area (Å²) in [6, 6.07) is 7.25. The molecule has 16 heavy (non-hydrogen) atoms. The van der Waals surface area contributed by atoms with E-state index < -0.39 is 5.97 Å². The summed E-state index contributed by atoms with van der Waals surface area (Å²) in [5.74, 6) is -0.225. The number of rotatable bonds is 6. The van der Waals surface area contributed by atoms with E-state index >= 15 is 0 Å². The van der Waals surface area contributed by atoms with Crippen molar-refractivity contribution in [2.45, 2.75) is 6.42 Å². The van der Waals surface area contributed by atoms with Gasteiger partial charge in [-0.2, -0.15) is 0 Å². The molecule has 0 fully saturated rings. The Morgan fingerprint density at radius 2 is 2.00 bits per heavy atom. The molecule has 0 atom stereocenters. The van der Waals surface area contributed by atoms with Crippen molar-refractivity contribution < 1.29 is 14.6 Å². The monoisotopic (exact) mass is 218 g/mol.